The third-order valence-electron chi connectivity index (χ3n) is 5.24. The van der Waals surface area contributed by atoms with Crippen molar-refractivity contribution >= 4 is 35.1 Å². The molecule has 3 heterocycles. The number of imidazole rings is 1. The number of thioether (sulfide) groups is 1. The van der Waals surface area contributed by atoms with Crippen molar-refractivity contribution in [2.75, 3.05) is 5.75 Å². The maximum atomic E-state index is 13.1. The first-order chi connectivity index (χ1) is 13.5. The first kappa shape index (κ1) is 16.9. The van der Waals surface area contributed by atoms with Crippen LogP contribution >= 0.6 is 11.8 Å². The number of carbonyl (C=O) groups is 4. The van der Waals surface area contributed by atoms with Crippen molar-refractivity contribution in [3.8, 4) is 0 Å². The molecule has 0 bridgehead atoms. The van der Waals surface area contributed by atoms with E-state index in [4.69, 9.17) is 0 Å². The van der Waals surface area contributed by atoms with Gasteiger partial charge < -0.3 is 15.2 Å². The Labute approximate surface area is 163 Å². The number of amides is 2. The number of ketones is 2. The van der Waals surface area contributed by atoms with E-state index >= 15 is 0 Å². The summed E-state index contributed by atoms with van der Waals surface area (Å²) in [6, 6.07) is 5.75. The van der Waals surface area contributed by atoms with E-state index in [0.29, 0.717) is 5.56 Å². The highest BCUT2D eigenvalue weighted by atomic mass is 32.2. The number of nitrogens with one attached hydrogen (secondary N) is 2. The lowest BCUT2D eigenvalue weighted by Crippen LogP contribution is -2.71. The fourth-order valence-electron chi connectivity index (χ4n) is 3.84. The SMILES string of the molecule is O=C1C2=C(C(=O)c3ccccc31)[C@@]1(CS2)NC(=O)[C@H](Cn2ccnc2)NC1=O. The topological polar surface area (TPSA) is 110 Å². The molecule has 2 atom stereocenters. The van der Waals surface area contributed by atoms with Gasteiger partial charge in [0.25, 0.3) is 5.91 Å². The first-order valence-electron chi connectivity index (χ1n) is 8.66. The van der Waals surface area contributed by atoms with Crippen LogP contribution in [0.2, 0.25) is 0 Å². The third kappa shape index (κ3) is 2.22. The van der Waals surface area contributed by atoms with Crippen LogP contribution in [-0.2, 0) is 16.1 Å². The maximum absolute atomic E-state index is 13.1. The van der Waals surface area contributed by atoms with Crippen LogP contribution in [-0.4, -0.2) is 50.3 Å². The number of benzene rings is 1. The van der Waals surface area contributed by atoms with Gasteiger partial charge in [-0.05, 0) is 0 Å². The monoisotopic (exact) mass is 394 g/mol. The Balaban J connectivity index is 1.52. The normalized spacial score (nSPS) is 26.2. The summed E-state index contributed by atoms with van der Waals surface area (Å²) in [6.07, 6.45) is 4.82. The number of aromatic nitrogens is 2. The predicted octanol–water partition coefficient (Wildman–Crippen LogP) is 0.317. The highest BCUT2D eigenvalue weighted by molar-refractivity contribution is 8.04. The van der Waals surface area contributed by atoms with E-state index in [1.807, 2.05) is 0 Å². The zero-order valence-electron chi connectivity index (χ0n) is 14.5. The summed E-state index contributed by atoms with van der Waals surface area (Å²) in [5, 5.41) is 5.47. The van der Waals surface area contributed by atoms with Gasteiger partial charge in [-0.15, -0.1) is 11.8 Å². The predicted molar refractivity (Wildman–Crippen MR) is 99.6 cm³/mol. The second-order valence-electron chi connectivity index (χ2n) is 6.88. The molecule has 5 rings (SSSR count). The highest BCUT2D eigenvalue weighted by Crippen LogP contribution is 2.46. The molecule has 2 aromatic rings. The van der Waals surface area contributed by atoms with Crippen molar-refractivity contribution in [1.29, 1.82) is 0 Å². The van der Waals surface area contributed by atoms with Gasteiger partial charge in [-0.2, -0.15) is 0 Å². The van der Waals surface area contributed by atoms with Gasteiger partial charge in [-0.25, -0.2) is 4.98 Å². The largest absolute Gasteiger partial charge is 0.340 e. The average Bonchev–Trinajstić information content (AvgIpc) is 3.33. The summed E-state index contributed by atoms with van der Waals surface area (Å²) >= 11 is 1.14. The van der Waals surface area contributed by atoms with Crippen molar-refractivity contribution in [2.24, 2.45) is 0 Å². The molecule has 1 spiro atoms. The first-order valence-corrected chi connectivity index (χ1v) is 9.64. The number of nitrogens with zero attached hydrogens (tertiary/aromatic N) is 2. The highest BCUT2D eigenvalue weighted by Gasteiger charge is 2.58. The fourth-order valence-corrected chi connectivity index (χ4v) is 5.20. The van der Waals surface area contributed by atoms with E-state index in [9.17, 15) is 19.2 Å². The van der Waals surface area contributed by atoms with E-state index in [1.54, 1.807) is 47.6 Å². The number of hydrogen-bond acceptors (Lipinski definition) is 6. The van der Waals surface area contributed by atoms with Gasteiger partial charge in [0.1, 0.15) is 6.04 Å². The lowest BCUT2D eigenvalue weighted by atomic mass is 9.78. The lowest BCUT2D eigenvalue weighted by molar-refractivity contribution is -0.139. The molecule has 28 heavy (non-hydrogen) atoms. The Hall–Kier alpha value is -3.20. The van der Waals surface area contributed by atoms with E-state index in [2.05, 4.69) is 15.6 Å². The van der Waals surface area contributed by atoms with Gasteiger partial charge >= 0.3 is 0 Å². The summed E-state index contributed by atoms with van der Waals surface area (Å²) in [7, 11) is 0. The standard InChI is InChI=1S/C19H14N4O4S/c24-14-10-3-1-2-4-11(10)15(25)16-13(14)19(8-28-16)18(27)21-12(17(26)22-19)7-23-6-5-20-9-23/h1-6,9,12H,7-8H2,(H,21,27)(H,22,26)/t12-,19+/m0/s1. The van der Waals surface area contributed by atoms with Gasteiger partial charge in [0.2, 0.25) is 11.7 Å². The minimum atomic E-state index is -1.53. The second-order valence-corrected chi connectivity index (χ2v) is 7.86. The lowest BCUT2D eigenvalue weighted by Gasteiger charge is -2.38. The Kier molecular flexibility index (Phi) is 3.57. The third-order valence-corrected chi connectivity index (χ3v) is 6.49. The zero-order chi connectivity index (χ0) is 19.5. The summed E-state index contributed by atoms with van der Waals surface area (Å²) in [6.45, 7) is 0.225. The second kappa shape index (κ2) is 5.90. The van der Waals surface area contributed by atoms with Crippen LogP contribution in [0, 0.1) is 0 Å². The summed E-state index contributed by atoms with van der Waals surface area (Å²) < 4.78 is 1.68. The Morgan fingerprint density at radius 1 is 1.14 bits per heavy atom. The number of piperazine rings is 1. The van der Waals surface area contributed by atoms with E-state index in [0.717, 1.165) is 11.8 Å². The molecule has 0 unspecified atom stereocenters. The smallest absolute Gasteiger partial charge is 0.252 e. The van der Waals surface area contributed by atoms with Crippen LogP contribution < -0.4 is 10.6 Å². The van der Waals surface area contributed by atoms with E-state index in [1.165, 1.54) is 0 Å². The minimum absolute atomic E-state index is 0.0770. The molecule has 1 aromatic heterocycles. The zero-order valence-corrected chi connectivity index (χ0v) is 15.3. The molecule has 8 nitrogen and oxygen atoms in total. The molecule has 1 fully saturated rings. The number of hydrogen-bond donors (Lipinski definition) is 2. The average molecular weight is 394 g/mol. The van der Waals surface area contributed by atoms with Gasteiger partial charge in [0, 0.05) is 29.3 Å². The fraction of sp³-hybridized carbons (Fsp3) is 0.211. The molecule has 0 radical (unpaired) electrons. The van der Waals surface area contributed by atoms with Crippen LogP contribution in [0.25, 0.3) is 0 Å². The number of fused-ring (bicyclic) bond motifs is 2. The molecular weight excluding hydrogens is 380 g/mol. The molecule has 9 heteroatoms. The minimum Gasteiger partial charge on any atom is -0.340 e. The van der Waals surface area contributed by atoms with Crippen molar-refractivity contribution in [2.45, 2.75) is 18.1 Å². The molecule has 2 N–H and O–H groups in total. The summed E-state index contributed by atoms with van der Waals surface area (Å²) in [4.78, 5) is 56.0. The van der Waals surface area contributed by atoms with Crippen molar-refractivity contribution in [1.82, 2.24) is 20.2 Å². The Morgan fingerprint density at radius 2 is 1.89 bits per heavy atom. The van der Waals surface area contributed by atoms with E-state index < -0.39 is 29.2 Å². The molecule has 2 amide bonds. The van der Waals surface area contributed by atoms with Crippen LogP contribution in [0.1, 0.15) is 20.7 Å². The number of rotatable bonds is 2. The van der Waals surface area contributed by atoms with Crippen LogP contribution in [0.5, 0.6) is 0 Å². The van der Waals surface area contributed by atoms with Gasteiger partial charge in [0.15, 0.2) is 11.3 Å². The van der Waals surface area contributed by atoms with Crippen molar-refractivity contribution in [3.05, 3.63) is 64.6 Å². The molecule has 0 saturated carbocycles. The van der Waals surface area contributed by atoms with Crippen LogP contribution in [0.4, 0.5) is 0 Å². The quantitative estimate of drug-likeness (QED) is 0.759. The maximum Gasteiger partial charge on any atom is 0.252 e. The van der Waals surface area contributed by atoms with Crippen molar-refractivity contribution in [3.63, 3.8) is 0 Å². The molecule has 3 aliphatic rings. The van der Waals surface area contributed by atoms with Gasteiger partial charge in [0.05, 0.1) is 23.4 Å². The van der Waals surface area contributed by atoms with E-state index in [-0.39, 0.29) is 34.1 Å². The Morgan fingerprint density at radius 3 is 2.61 bits per heavy atom. The van der Waals surface area contributed by atoms with Crippen molar-refractivity contribution < 1.29 is 19.2 Å². The summed E-state index contributed by atoms with van der Waals surface area (Å²) in [5.74, 6) is -1.44. The molecular formula is C19H14N4O4S. The molecule has 1 aromatic carbocycles. The number of Topliss-reactive ketones (excluding diaryl/α,β-unsaturated/α-hetero) is 2. The van der Waals surface area contributed by atoms with Crippen LogP contribution in [0.3, 0.4) is 0 Å². The number of allylic oxidation sites excluding steroid dienone is 1. The molecule has 140 valence electrons. The molecule has 1 saturated heterocycles. The number of carbonyl (C=O) groups excluding carboxylic acids is 4. The molecule has 1 aliphatic carbocycles. The van der Waals surface area contributed by atoms with Crippen LogP contribution in [0.15, 0.2) is 53.5 Å². The van der Waals surface area contributed by atoms with Gasteiger partial charge in [-0.3, -0.25) is 19.2 Å². The Bertz CT molecular complexity index is 1090. The molecule has 2 aliphatic heterocycles. The van der Waals surface area contributed by atoms with Gasteiger partial charge in [-0.1, -0.05) is 24.3 Å². The summed E-state index contributed by atoms with van der Waals surface area (Å²) in [5.41, 5.74) is -0.858.